The second-order valence-electron chi connectivity index (χ2n) is 8.41. The molecule has 1 aliphatic carbocycles. The molecule has 0 saturated heterocycles. The van der Waals surface area contributed by atoms with Gasteiger partial charge in [-0.3, -0.25) is 14.3 Å². The summed E-state index contributed by atoms with van der Waals surface area (Å²) in [5, 5.41) is 18.6. The monoisotopic (exact) mass is 485 g/mol. The Morgan fingerprint density at radius 1 is 1.12 bits per heavy atom. The predicted molar refractivity (Wildman–Crippen MR) is 125 cm³/mol. The first-order valence-electron chi connectivity index (χ1n) is 10.9. The Morgan fingerprint density at radius 3 is 2.41 bits per heavy atom. The molecular weight excluding hydrogens is 460 g/mol. The molecule has 178 valence electrons. The predicted octanol–water partition coefficient (Wildman–Crippen LogP) is 4.97. The van der Waals surface area contributed by atoms with Gasteiger partial charge in [0, 0.05) is 17.0 Å². The van der Waals surface area contributed by atoms with Crippen molar-refractivity contribution in [2.24, 2.45) is 0 Å². The maximum Gasteiger partial charge on any atom is 0.331 e. The molecule has 7 nitrogen and oxygen atoms in total. The van der Waals surface area contributed by atoms with Crippen LogP contribution in [0.25, 0.3) is 22.4 Å². The van der Waals surface area contributed by atoms with Crippen LogP contribution in [0.2, 0.25) is 0 Å². The minimum Gasteiger partial charge on any atom is -0.481 e. The van der Waals surface area contributed by atoms with Crippen LogP contribution in [-0.2, 0) is 20.5 Å². The molecule has 0 aliphatic heterocycles. The van der Waals surface area contributed by atoms with Crippen LogP contribution in [0.3, 0.4) is 0 Å². The zero-order valence-electron chi connectivity index (χ0n) is 18.3. The van der Waals surface area contributed by atoms with E-state index < -0.39 is 32.3 Å². The van der Waals surface area contributed by atoms with Crippen molar-refractivity contribution in [3.8, 4) is 22.4 Å². The largest absolute Gasteiger partial charge is 0.481 e. The highest BCUT2D eigenvalue weighted by molar-refractivity contribution is 7.52. The van der Waals surface area contributed by atoms with Gasteiger partial charge in [-0.15, -0.1) is 0 Å². The van der Waals surface area contributed by atoms with Crippen LogP contribution < -0.4 is 0 Å². The van der Waals surface area contributed by atoms with Crippen molar-refractivity contribution >= 4 is 13.6 Å². The Bertz CT molecular complexity index is 1210. The number of benzene rings is 2. The number of hydrogen-bond acceptors (Lipinski definition) is 5. The van der Waals surface area contributed by atoms with Gasteiger partial charge in [0.2, 0.25) is 0 Å². The summed E-state index contributed by atoms with van der Waals surface area (Å²) in [6.45, 7) is -0.256. The molecule has 0 bridgehead atoms. The lowest BCUT2D eigenvalue weighted by Crippen LogP contribution is -2.18. The first kappa shape index (κ1) is 24.2. The molecule has 2 aromatic carbocycles. The van der Waals surface area contributed by atoms with E-state index in [0.717, 1.165) is 29.8 Å². The third kappa shape index (κ3) is 6.15. The first-order chi connectivity index (χ1) is 16.2. The van der Waals surface area contributed by atoms with E-state index in [-0.39, 0.29) is 18.3 Å². The normalized spacial score (nSPS) is 16.1. The molecule has 1 fully saturated rings. The van der Waals surface area contributed by atoms with Crippen molar-refractivity contribution in [1.82, 2.24) is 4.98 Å². The number of aromatic nitrogens is 1. The van der Waals surface area contributed by atoms with Crippen molar-refractivity contribution < 1.29 is 33.4 Å². The molecule has 4 rings (SSSR count). The summed E-state index contributed by atoms with van der Waals surface area (Å²) in [6, 6.07) is 17.4. The second-order valence-corrected chi connectivity index (χ2v) is 10.3. The summed E-state index contributed by atoms with van der Waals surface area (Å²) in [4.78, 5) is 25.9. The molecule has 0 amide bonds. The highest BCUT2D eigenvalue weighted by Gasteiger charge is 2.32. The van der Waals surface area contributed by atoms with E-state index in [1.807, 2.05) is 36.4 Å². The summed E-state index contributed by atoms with van der Waals surface area (Å²) < 4.78 is 31.5. The van der Waals surface area contributed by atoms with E-state index in [2.05, 4.69) is 0 Å². The molecule has 1 heterocycles. The van der Waals surface area contributed by atoms with E-state index in [0.29, 0.717) is 16.7 Å². The SMILES string of the molecule is O=C(O)C[C@@H](O)CP(=O)(O)OCc1c(-c2ccc(F)cc2)cc(-c2ccccc2)nc1C1CC1. The zero-order valence-corrected chi connectivity index (χ0v) is 19.2. The van der Waals surface area contributed by atoms with Gasteiger partial charge in [0.15, 0.2) is 0 Å². The van der Waals surface area contributed by atoms with Crippen LogP contribution >= 0.6 is 7.60 Å². The van der Waals surface area contributed by atoms with Gasteiger partial charge in [0.1, 0.15) is 5.82 Å². The third-order valence-corrected chi connectivity index (χ3v) is 7.02. The lowest BCUT2D eigenvalue weighted by Gasteiger charge is -2.20. The number of carboxylic acids is 1. The molecule has 34 heavy (non-hydrogen) atoms. The minimum absolute atomic E-state index is 0.178. The molecule has 0 spiro atoms. The molecule has 3 aromatic rings. The Hall–Kier alpha value is -2.90. The van der Waals surface area contributed by atoms with Gasteiger partial charge in [-0.1, -0.05) is 42.5 Å². The molecule has 1 unspecified atom stereocenters. The summed E-state index contributed by atoms with van der Waals surface area (Å²) >= 11 is 0. The Kier molecular flexibility index (Phi) is 7.24. The summed E-state index contributed by atoms with van der Waals surface area (Å²) in [6.07, 6.45) is -1.01. The number of nitrogens with zero attached hydrogens (tertiary/aromatic N) is 1. The number of aliphatic hydroxyl groups excluding tert-OH is 1. The van der Waals surface area contributed by atoms with E-state index >= 15 is 0 Å². The van der Waals surface area contributed by atoms with E-state index in [1.165, 1.54) is 12.1 Å². The second kappa shape index (κ2) is 10.2. The van der Waals surface area contributed by atoms with Gasteiger partial charge in [0.25, 0.3) is 0 Å². The van der Waals surface area contributed by atoms with E-state index in [9.17, 15) is 23.7 Å². The number of hydrogen-bond donors (Lipinski definition) is 3. The fourth-order valence-corrected chi connectivity index (χ4v) is 4.93. The van der Waals surface area contributed by atoms with Crippen LogP contribution in [-0.4, -0.2) is 38.3 Å². The number of aliphatic carboxylic acids is 1. The van der Waals surface area contributed by atoms with Crippen molar-refractivity contribution in [2.75, 3.05) is 6.16 Å². The van der Waals surface area contributed by atoms with Crippen molar-refractivity contribution in [3.05, 3.63) is 77.7 Å². The number of halogens is 1. The smallest absolute Gasteiger partial charge is 0.331 e. The molecule has 1 aliphatic rings. The van der Waals surface area contributed by atoms with E-state index in [4.69, 9.17) is 14.6 Å². The first-order valence-corrected chi connectivity index (χ1v) is 12.7. The molecule has 1 aromatic heterocycles. The maximum absolute atomic E-state index is 13.6. The van der Waals surface area contributed by atoms with Crippen LogP contribution in [0.15, 0.2) is 60.7 Å². The number of carboxylic acid groups (broad SMARTS) is 1. The Morgan fingerprint density at radius 2 is 1.79 bits per heavy atom. The quantitative estimate of drug-likeness (QED) is 0.347. The zero-order chi connectivity index (χ0) is 24.3. The third-order valence-electron chi connectivity index (χ3n) is 5.61. The van der Waals surface area contributed by atoms with Gasteiger partial charge in [0.05, 0.1) is 36.7 Å². The summed E-state index contributed by atoms with van der Waals surface area (Å²) in [5.41, 5.74) is 4.43. The fraction of sp³-hybridized carbons (Fsp3) is 0.280. The standard InChI is InChI=1S/C25H25FNO6P/c26-19-10-8-16(9-11-19)21-13-23(17-4-2-1-3-5-17)27-25(18-6-7-18)22(21)14-33-34(31,32)15-20(28)12-24(29)30/h1-5,8-11,13,18,20,28H,6-7,12,14-15H2,(H,29,30)(H,31,32)/t20-/m1/s1. The summed E-state index contributed by atoms with van der Waals surface area (Å²) in [7, 11) is -4.29. The minimum atomic E-state index is -4.29. The van der Waals surface area contributed by atoms with Crippen molar-refractivity contribution in [2.45, 2.75) is 37.9 Å². The van der Waals surface area contributed by atoms with Crippen LogP contribution in [0.1, 0.15) is 36.4 Å². The average molecular weight is 485 g/mol. The molecule has 3 N–H and O–H groups in total. The number of pyridine rings is 1. The Labute approximate surface area is 196 Å². The fourth-order valence-electron chi connectivity index (χ4n) is 3.83. The van der Waals surface area contributed by atoms with Gasteiger partial charge < -0.3 is 19.6 Å². The van der Waals surface area contributed by atoms with Crippen LogP contribution in [0, 0.1) is 5.82 Å². The highest BCUT2D eigenvalue weighted by atomic mass is 31.2. The molecule has 2 atom stereocenters. The molecule has 9 heteroatoms. The lowest BCUT2D eigenvalue weighted by molar-refractivity contribution is -0.138. The average Bonchev–Trinajstić information content (AvgIpc) is 3.63. The number of carbonyl (C=O) groups is 1. The van der Waals surface area contributed by atoms with E-state index in [1.54, 1.807) is 12.1 Å². The maximum atomic E-state index is 13.6. The number of aliphatic hydroxyl groups is 1. The molecule has 1 saturated carbocycles. The van der Waals surface area contributed by atoms with Crippen LogP contribution in [0.5, 0.6) is 0 Å². The van der Waals surface area contributed by atoms with Crippen molar-refractivity contribution in [3.63, 3.8) is 0 Å². The topological polar surface area (TPSA) is 117 Å². The summed E-state index contributed by atoms with van der Waals surface area (Å²) in [5.74, 6) is -1.48. The van der Waals surface area contributed by atoms with Gasteiger partial charge in [-0.25, -0.2) is 4.39 Å². The highest BCUT2D eigenvalue weighted by Crippen LogP contribution is 2.48. The number of rotatable bonds is 10. The van der Waals surface area contributed by atoms with Gasteiger partial charge in [-0.2, -0.15) is 0 Å². The molecular formula is C25H25FNO6P. The molecule has 0 radical (unpaired) electrons. The lowest BCUT2D eigenvalue weighted by atomic mass is 9.95. The van der Waals surface area contributed by atoms with Crippen LogP contribution in [0.4, 0.5) is 4.39 Å². The van der Waals surface area contributed by atoms with Crippen molar-refractivity contribution in [1.29, 1.82) is 0 Å². The Balaban J connectivity index is 1.72. The van der Waals surface area contributed by atoms with Gasteiger partial charge >= 0.3 is 13.6 Å². The van der Waals surface area contributed by atoms with Gasteiger partial charge in [-0.05, 0) is 42.2 Å².